The lowest BCUT2D eigenvalue weighted by molar-refractivity contribution is 0.0947. The van der Waals surface area contributed by atoms with Crippen LogP contribution in [0.15, 0.2) is 36.7 Å². The molecule has 2 heterocycles. The van der Waals surface area contributed by atoms with E-state index in [2.05, 4.69) is 41.3 Å². The summed E-state index contributed by atoms with van der Waals surface area (Å²) in [5, 5.41) is 9.92. The molecule has 0 radical (unpaired) electrons. The van der Waals surface area contributed by atoms with Crippen LogP contribution in [0.2, 0.25) is 0 Å². The average molecular weight is 311 g/mol. The van der Waals surface area contributed by atoms with E-state index in [-0.39, 0.29) is 11.3 Å². The second-order valence-electron chi connectivity index (χ2n) is 6.60. The van der Waals surface area contributed by atoms with E-state index >= 15 is 0 Å². The van der Waals surface area contributed by atoms with Crippen molar-refractivity contribution in [3.63, 3.8) is 0 Å². The molecule has 0 saturated heterocycles. The van der Waals surface area contributed by atoms with Gasteiger partial charge in [-0.25, -0.2) is 4.98 Å². The average Bonchev–Trinajstić information content (AvgIpc) is 3.14. The number of nitrogens with zero attached hydrogens (tertiary/aromatic N) is 3. The Balaban J connectivity index is 1.60. The van der Waals surface area contributed by atoms with Crippen molar-refractivity contribution >= 4 is 16.9 Å². The van der Waals surface area contributed by atoms with Gasteiger partial charge in [0.15, 0.2) is 0 Å². The maximum atomic E-state index is 12.2. The van der Waals surface area contributed by atoms with Crippen molar-refractivity contribution in [1.82, 2.24) is 25.1 Å². The fraction of sp³-hybridized carbons (Fsp3) is 0.353. The number of hydrogen-bond donors (Lipinski definition) is 2. The molecule has 2 aromatic heterocycles. The van der Waals surface area contributed by atoms with Crippen molar-refractivity contribution < 1.29 is 4.79 Å². The number of carbonyl (C=O) groups is 1. The summed E-state index contributed by atoms with van der Waals surface area (Å²) in [6, 6.07) is 9.75. The summed E-state index contributed by atoms with van der Waals surface area (Å²) in [5.41, 5.74) is 3.34. The molecule has 0 spiro atoms. The van der Waals surface area contributed by atoms with Crippen molar-refractivity contribution in [2.24, 2.45) is 0 Å². The van der Waals surface area contributed by atoms with Crippen LogP contribution in [-0.4, -0.2) is 32.2 Å². The molecule has 1 amide bonds. The number of benzene rings is 1. The number of amides is 1. The van der Waals surface area contributed by atoms with Gasteiger partial charge in [0.25, 0.3) is 5.91 Å². The van der Waals surface area contributed by atoms with Crippen LogP contribution < -0.4 is 5.32 Å². The molecular weight excluding hydrogens is 290 g/mol. The summed E-state index contributed by atoms with van der Waals surface area (Å²) in [6.07, 6.45) is 1.79. The minimum Gasteiger partial charge on any atom is -0.349 e. The lowest BCUT2D eigenvalue weighted by Gasteiger charge is -2.14. The first-order valence-electron chi connectivity index (χ1n) is 7.69. The Morgan fingerprint density at radius 3 is 2.83 bits per heavy atom. The third-order valence-electron chi connectivity index (χ3n) is 3.78. The summed E-state index contributed by atoms with van der Waals surface area (Å²) < 4.78 is 2.03. The summed E-state index contributed by atoms with van der Waals surface area (Å²) in [5.74, 6) is -0.166. The van der Waals surface area contributed by atoms with Gasteiger partial charge < -0.3 is 9.88 Å². The first-order valence-corrected chi connectivity index (χ1v) is 7.69. The van der Waals surface area contributed by atoms with Gasteiger partial charge in [-0.1, -0.05) is 32.9 Å². The van der Waals surface area contributed by atoms with Crippen molar-refractivity contribution in [3.05, 3.63) is 48.0 Å². The van der Waals surface area contributed by atoms with E-state index in [1.54, 1.807) is 6.33 Å². The molecule has 3 aromatic rings. The van der Waals surface area contributed by atoms with Gasteiger partial charge in [0.05, 0.1) is 17.4 Å². The minimum absolute atomic E-state index is 0.0543. The number of hydrogen-bond acceptors (Lipinski definition) is 3. The van der Waals surface area contributed by atoms with Gasteiger partial charge in [0, 0.05) is 24.2 Å². The fourth-order valence-electron chi connectivity index (χ4n) is 2.39. The topological polar surface area (TPSA) is 75.6 Å². The van der Waals surface area contributed by atoms with Crippen LogP contribution in [0.4, 0.5) is 0 Å². The quantitative estimate of drug-likeness (QED) is 0.777. The van der Waals surface area contributed by atoms with Gasteiger partial charge in [-0.3, -0.25) is 9.89 Å². The molecule has 23 heavy (non-hydrogen) atoms. The second kappa shape index (κ2) is 5.87. The van der Waals surface area contributed by atoms with Gasteiger partial charge in [-0.15, -0.1) is 0 Å². The van der Waals surface area contributed by atoms with Crippen molar-refractivity contribution in [2.75, 3.05) is 6.54 Å². The van der Waals surface area contributed by atoms with Crippen LogP contribution in [0.1, 0.15) is 37.0 Å². The molecule has 0 unspecified atom stereocenters. The second-order valence-corrected chi connectivity index (χ2v) is 6.60. The molecule has 0 fully saturated rings. The molecule has 3 rings (SSSR count). The molecule has 120 valence electrons. The van der Waals surface area contributed by atoms with Gasteiger partial charge >= 0.3 is 0 Å². The smallest absolute Gasteiger partial charge is 0.271 e. The third kappa shape index (κ3) is 3.26. The minimum atomic E-state index is -0.166. The van der Waals surface area contributed by atoms with Crippen LogP contribution >= 0.6 is 0 Å². The zero-order chi connectivity index (χ0) is 16.4. The van der Waals surface area contributed by atoms with Crippen LogP contribution in [-0.2, 0) is 12.0 Å². The molecule has 0 atom stereocenters. The zero-order valence-corrected chi connectivity index (χ0v) is 13.6. The van der Waals surface area contributed by atoms with Crippen molar-refractivity contribution in [1.29, 1.82) is 0 Å². The third-order valence-corrected chi connectivity index (χ3v) is 3.78. The Hall–Kier alpha value is -2.63. The predicted molar refractivity (Wildman–Crippen MR) is 89.4 cm³/mol. The number of carbonyl (C=O) groups excluding carboxylic acids is 1. The van der Waals surface area contributed by atoms with E-state index < -0.39 is 0 Å². The van der Waals surface area contributed by atoms with Crippen LogP contribution in [0.25, 0.3) is 11.0 Å². The van der Waals surface area contributed by atoms with Crippen molar-refractivity contribution in [3.8, 4) is 0 Å². The number of rotatable bonds is 4. The molecule has 6 nitrogen and oxygen atoms in total. The first kappa shape index (κ1) is 15.3. The van der Waals surface area contributed by atoms with Gasteiger partial charge in [0.1, 0.15) is 5.69 Å². The standard InChI is InChI=1S/C17H21N5O/c1-17(2,3)15-10-13(20-21-15)16(23)18-8-9-22-11-19-12-6-4-5-7-14(12)22/h4-7,10-11H,8-9H2,1-3H3,(H,18,23)(H,20,21). The molecule has 2 N–H and O–H groups in total. The lowest BCUT2D eigenvalue weighted by Crippen LogP contribution is -2.27. The zero-order valence-electron chi connectivity index (χ0n) is 13.6. The van der Waals surface area contributed by atoms with Crippen LogP contribution in [0.3, 0.4) is 0 Å². The summed E-state index contributed by atoms with van der Waals surface area (Å²) in [6.45, 7) is 7.42. The Morgan fingerprint density at radius 2 is 2.09 bits per heavy atom. The number of imidazole rings is 1. The largest absolute Gasteiger partial charge is 0.349 e. The highest BCUT2D eigenvalue weighted by Gasteiger charge is 2.19. The summed E-state index contributed by atoms with van der Waals surface area (Å²) in [4.78, 5) is 16.5. The Bertz CT molecular complexity index is 825. The van der Waals surface area contributed by atoms with Crippen LogP contribution in [0, 0.1) is 0 Å². The Morgan fingerprint density at radius 1 is 1.30 bits per heavy atom. The summed E-state index contributed by atoms with van der Waals surface area (Å²) >= 11 is 0. The predicted octanol–water partition coefficient (Wildman–Crippen LogP) is 2.49. The Labute approximate surface area is 134 Å². The molecule has 1 aromatic carbocycles. The molecule has 0 aliphatic heterocycles. The fourth-order valence-corrected chi connectivity index (χ4v) is 2.39. The first-order chi connectivity index (χ1) is 10.9. The van der Waals surface area contributed by atoms with Gasteiger partial charge in [-0.2, -0.15) is 5.10 Å². The van der Waals surface area contributed by atoms with E-state index in [9.17, 15) is 4.79 Å². The van der Waals surface area contributed by atoms with Crippen LogP contribution in [0.5, 0.6) is 0 Å². The number of nitrogens with one attached hydrogen (secondary N) is 2. The highest BCUT2D eigenvalue weighted by Crippen LogP contribution is 2.20. The SMILES string of the molecule is CC(C)(C)c1cc(C(=O)NCCn2cnc3ccccc32)n[nH]1. The monoisotopic (exact) mass is 311 g/mol. The van der Waals surface area contributed by atoms with E-state index in [1.165, 1.54) is 0 Å². The number of para-hydroxylation sites is 2. The van der Waals surface area contributed by atoms with Crippen molar-refractivity contribution in [2.45, 2.75) is 32.7 Å². The molecule has 0 saturated carbocycles. The number of aromatic nitrogens is 4. The molecule has 0 aliphatic rings. The molecule has 6 heteroatoms. The maximum absolute atomic E-state index is 12.2. The normalized spacial score (nSPS) is 11.8. The summed E-state index contributed by atoms with van der Waals surface area (Å²) in [7, 11) is 0. The van der Waals surface area contributed by atoms with E-state index in [4.69, 9.17) is 0 Å². The highest BCUT2D eigenvalue weighted by atomic mass is 16.1. The number of H-pyrrole nitrogens is 1. The van der Waals surface area contributed by atoms with E-state index in [0.29, 0.717) is 18.8 Å². The molecular formula is C17H21N5O. The Kier molecular flexibility index (Phi) is 3.90. The highest BCUT2D eigenvalue weighted by molar-refractivity contribution is 5.92. The molecule has 0 bridgehead atoms. The van der Waals surface area contributed by atoms with Gasteiger partial charge in [0.2, 0.25) is 0 Å². The number of aromatic amines is 1. The maximum Gasteiger partial charge on any atom is 0.271 e. The lowest BCUT2D eigenvalue weighted by atomic mass is 9.92. The van der Waals surface area contributed by atoms with E-state index in [0.717, 1.165) is 16.7 Å². The number of fused-ring (bicyclic) bond motifs is 1. The van der Waals surface area contributed by atoms with E-state index in [1.807, 2.05) is 34.9 Å². The van der Waals surface area contributed by atoms with Gasteiger partial charge in [-0.05, 0) is 18.2 Å². The molecule has 0 aliphatic carbocycles.